The first-order valence-electron chi connectivity index (χ1n) is 8.94. The summed E-state index contributed by atoms with van der Waals surface area (Å²) in [4.78, 5) is 26.3. The minimum atomic E-state index is -2.32. The predicted octanol–water partition coefficient (Wildman–Crippen LogP) is -1.26. The Labute approximate surface area is 200 Å². The molecule has 0 aliphatic heterocycles. The van der Waals surface area contributed by atoms with E-state index in [0.29, 0.717) is 18.0 Å². The molecule has 0 fully saturated rings. The molecule has 188 valence electrons. The lowest BCUT2D eigenvalue weighted by atomic mass is 10.2. The van der Waals surface area contributed by atoms with Crippen LogP contribution in [0.25, 0.3) is 0 Å². The monoisotopic (exact) mass is 520 g/mol. The zero-order valence-corrected chi connectivity index (χ0v) is 20.1. The molecule has 2 aromatic heterocycles. The van der Waals surface area contributed by atoms with Gasteiger partial charge in [-0.15, -0.1) is 0 Å². The van der Waals surface area contributed by atoms with Gasteiger partial charge in [-0.2, -0.15) is 9.13 Å². The Balaban J connectivity index is 0.000000916. The number of hydrogen-bond donors (Lipinski definition) is 1. The number of hydrogen-bond acceptors (Lipinski definition) is 11. The van der Waals surface area contributed by atoms with Gasteiger partial charge in [0, 0.05) is 31.2 Å². The smallest absolute Gasteiger partial charge is 0.331 e. The third-order valence-electron chi connectivity index (χ3n) is 3.26. The van der Waals surface area contributed by atoms with E-state index in [0.717, 1.165) is 14.2 Å². The highest BCUT2D eigenvalue weighted by Gasteiger charge is 2.10. The van der Waals surface area contributed by atoms with E-state index in [9.17, 15) is 9.59 Å². The summed E-state index contributed by atoms with van der Waals surface area (Å²) < 4.78 is 53.1. The van der Waals surface area contributed by atoms with Crippen LogP contribution < -0.4 is 14.9 Å². The SMILES string of the molecule is CC(=O)O/N=C/c1cccc[n+]1COC[n+]1ccc(C(N)=O)cc1.COS(=O)[O-].COS(=O)[O-]. The van der Waals surface area contributed by atoms with E-state index in [1.54, 1.807) is 33.7 Å². The number of amides is 1. The summed E-state index contributed by atoms with van der Waals surface area (Å²) in [6.45, 7) is 1.84. The molecule has 0 saturated heterocycles. The summed E-state index contributed by atoms with van der Waals surface area (Å²) in [5.41, 5.74) is 6.34. The van der Waals surface area contributed by atoms with Gasteiger partial charge in [-0.3, -0.25) is 9.53 Å². The van der Waals surface area contributed by atoms with Gasteiger partial charge in [-0.05, 0) is 6.07 Å². The molecule has 2 heterocycles. The Hall–Kier alpha value is -2.99. The Bertz CT molecular complexity index is 959. The van der Waals surface area contributed by atoms with E-state index in [4.69, 9.17) is 28.0 Å². The van der Waals surface area contributed by atoms with Crippen LogP contribution in [0.4, 0.5) is 0 Å². The number of carbonyl (C=O) groups is 2. The van der Waals surface area contributed by atoms with Gasteiger partial charge in [0.2, 0.25) is 11.6 Å². The maximum Gasteiger partial charge on any atom is 0.331 e. The normalized spacial score (nSPS) is 11.9. The van der Waals surface area contributed by atoms with E-state index in [1.165, 1.54) is 13.1 Å². The third kappa shape index (κ3) is 15.8. The maximum atomic E-state index is 11.0. The Morgan fingerprint density at radius 3 is 2.06 bits per heavy atom. The number of pyridine rings is 2. The predicted molar refractivity (Wildman–Crippen MR) is 114 cm³/mol. The highest BCUT2D eigenvalue weighted by molar-refractivity contribution is 7.74. The molecule has 1 amide bonds. The number of oxime groups is 1. The van der Waals surface area contributed by atoms with Gasteiger partial charge in [0.25, 0.3) is 13.5 Å². The van der Waals surface area contributed by atoms with Gasteiger partial charge in [0.15, 0.2) is 18.6 Å². The minimum absolute atomic E-state index is 0.271. The van der Waals surface area contributed by atoms with Crippen molar-refractivity contribution in [3.63, 3.8) is 0 Å². The fraction of sp³-hybridized carbons (Fsp3) is 0.278. The van der Waals surface area contributed by atoms with Crippen LogP contribution in [0, 0.1) is 0 Å². The van der Waals surface area contributed by atoms with E-state index in [1.807, 2.05) is 24.4 Å². The van der Waals surface area contributed by atoms with Gasteiger partial charge in [-0.25, -0.2) is 13.2 Å². The van der Waals surface area contributed by atoms with Crippen molar-refractivity contribution in [2.24, 2.45) is 10.9 Å². The van der Waals surface area contributed by atoms with E-state index >= 15 is 0 Å². The van der Waals surface area contributed by atoms with Crippen molar-refractivity contribution in [1.82, 2.24) is 0 Å². The van der Waals surface area contributed by atoms with Gasteiger partial charge < -0.3 is 28.0 Å². The minimum Gasteiger partial charge on any atom is -0.750 e. The second-order valence-electron chi connectivity index (χ2n) is 5.58. The molecule has 2 unspecified atom stereocenters. The largest absolute Gasteiger partial charge is 0.750 e. The lowest BCUT2D eigenvalue weighted by molar-refractivity contribution is -0.788. The zero-order valence-electron chi connectivity index (χ0n) is 18.4. The molecule has 0 radical (unpaired) electrons. The topological polar surface area (TPSA) is 197 Å². The molecule has 0 aliphatic rings. The van der Waals surface area contributed by atoms with Gasteiger partial charge in [0.1, 0.15) is 6.21 Å². The fourth-order valence-corrected chi connectivity index (χ4v) is 1.83. The van der Waals surface area contributed by atoms with Crippen molar-refractivity contribution < 1.29 is 54.2 Å². The molecular formula is C18H24N4O10S2. The standard InChI is InChI=1S/C16H17N4O4.2CH4O3S/c1-13(21)24-18-10-15-4-2-3-7-20(15)12-23-11-19-8-5-14(6-9-19)16(17)22;2*1-4-5(2)3/h2-10H,11-12H2,1H3,(H-,17,22);2*1H3,(H,2,3)/q+1;;/p-1/b18-10+;;. The average molecular weight is 521 g/mol. The van der Waals surface area contributed by atoms with Gasteiger partial charge >= 0.3 is 5.97 Å². The van der Waals surface area contributed by atoms with Crippen LogP contribution in [0.3, 0.4) is 0 Å². The average Bonchev–Trinajstić information content (AvgIpc) is 2.81. The van der Waals surface area contributed by atoms with Crippen LogP contribution in [-0.2, 0) is 58.9 Å². The Morgan fingerprint density at radius 2 is 1.59 bits per heavy atom. The molecule has 2 atom stereocenters. The number of ether oxygens (including phenoxy) is 1. The first kappa shape index (κ1) is 31.0. The lowest BCUT2D eigenvalue weighted by Crippen LogP contribution is -2.42. The third-order valence-corrected chi connectivity index (χ3v) is 3.80. The first-order valence-corrected chi connectivity index (χ1v) is 10.9. The van der Waals surface area contributed by atoms with Crippen LogP contribution in [-0.4, -0.2) is 49.8 Å². The lowest BCUT2D eigenvalue weighted by Gasteiger charge is -2.01. The molecule has 2 N–H and O–H groups in total. The van der Waals surface area contributed by atoms with Crippen LogP contribution in [0.5, 0.6) is 0 Å². The fourth-order valence-electron chi connectivity index (χ4n) is 1.83. The summed E-state index contributed by atoms with van der Waals surface area (Å²) in [6.07, 6.45) is 6.66. The molecule has 2 aromatic rings. The molecule has 2 rings (SSSR count). The molecule has 0 aromatic carbocycles. The van der Waals surface area contributed by atoms with Crippen LogP contribution in [0.2, 0.25) is 0 Å². The quantitative estimate of drug-likeness (QED) is 0.137. The van der Waals surface area contributed by atoms with Crippen LogP contribution in [0.15, 0.2) is 54.1 Å². The summed E-state index contributed by atoms with van der Waals surface area (Å²) >= 11 is -4.65. The van der Waals surface area contributed by atoms with Crippen molar-refractivity contribution >= 4 is 40.8 Å². The molecule has 0 saturated carbocycles. The van der Waals surface area contributed by atoms with Crippen molar-refractivity contribution in [2.75, 3.05) is 14.2 Å². The zero-order chi connectivity index (χ0) is 25.9. The summed E-state index contributed by atoms with van der Waals surface area (Å²) in [5, 5.41) is 3.59. The van der Waals surface area contributed by atoms with Crippen molar-refractivity contribution in [1.29, 1.82) is 0 Å². The summed E-state index contributed by atoms with van der Waals surface area (Å²) in [6, 6.07) is 8.74. The van der Waals surface area contributed by atoms with Crippen molar-refractivity contribution in [3.05, 3.63) is 60.2 Å². The Kier molecular flexibility index (Phi) is 16.8. The first-order chi connectivity index (χ1) is 16.1. The summed E-state index contributed by atoms with van der Waals surface area (Å²) in [5.74, 6) is -0.958. The second-order valence-corrected chi connectivity index (χ2v) is 7.07. The maximum absolute atomic E-state index is 11.0. The highest BCUT2D eigenvalue weighted by atomic mass is 32.2. The van der Waals surface area contributed by atoms with E-state index in [2.05, 4.69) is 18.4 Å². The molecule has 34 heavy (non-hydrogen) atoms. The molecule has 0 aliphatic carbocycles. The summed E-state index contributed by atoms with van der Waals surface area (Å²) in [7, 11) is 2.17. The second kappa shape index (κ2) is 18.4. The van der Waals surface area contributed by atoms with E-state index < -0.39 is 34.6 Å². The van der Waals surface area contributed by atoms with Crippen molar-refractivity contribution in [2.45, 2.75) is 20.4 Å². The molecular weight excluding hydrogens is 496 g/mol. The molecule has 14 nitrogen and oxygen atoms in total. The molecule has 16 heteroatoms. The number of primary amides is 1. The van der Waals surface area contributed by atoms with Crippen molar-refractivity contribution in [3.8, 4) is 0 Å². The number of aromatic nitrogens is 2. The van der Waals surface area contributed by atoms with E-state index in [-0.39, 0.29) is 6.73 Å². The number of rotatable bonds is 9. The number of nitrogens with two attached hydrogens (primary N) is 1. The van der Waals surface area contributed by atoms with Gasteiger partial charge in [0.05, 0.1) is 42.5 Å². The molecule has 0 bridgehead atoms. The highest BCUT2D eigenvalue weighted by Crippen LogP contribution is 1.93. The Morgan fingerprint density at radius 1 is 1.03 bits per heavy atom. The number of carbonyl (C=O) groups excluding carboxylic acids is 2. The van der Waals surface area contributed by atoms with Crippen LogP contribution >= 0.6 is 0 Å². The number of nitrogens with zero attached hydrogens (tertiary/aromatic N) is 3. The van der Waals surface area contributed by atoms with Gasteiger partial charge in [-0.1, -0.05) is 5.16 Å². The molecule has 0 spiro atoms. The van der Waals surface area contributed by atoms with Crippen LogP contribution in [0.1, 0.15) is 23.0 Å².